The fraction of sp³-hybridized carbons (Fsp3) is 0.455. The van der Waals surface area contributed by atoms with Gasteiger partial charge in [0.2, 0.25) is 5.82 Å². The van der Waals surface area contributed by atoms with E-state index in [1.54, 1.807) is 0 Å². The molecule has 1 aromatic rings. The van der Waals surface area contributed by atoms with E-state index in [-0.39, 0.29) is 0 Å². The lowest BCUT2D eigenvalue weighted by atomic mass is 9.95. The summed E-state index contributed by atoms with van der Waals surface area (Å²) in [5, 5.41) is -3.49. The van der Waals surface area contributed by atoms with Crippen molar-refractivity contribution in [2.45, 2.75) is 31.1 Å². The summed E-state index contributed by atoms with van der Waals surface area (Å²) in [6, 6.07) is 0. The first-order chi connectivity index (χ1) is 7.57. The van der Waals surface area contributed by atoms with Gasteiger partial charge in [-0.25, -0.2) is 9.97 Å². The van der Waals surface area contributed by atoms with Gasteiger partial charge in [-0.1, -0.05) is 6.08 Å². The van der Waals surface area contributed by atoms with Crippen LogP contribution in [0.4, 0.5) is 8.78 Å². The van der Waals surface area contributed by atoms with Gasteiger partial charge in [-0.2, -0.15) is 8.78 Å². The Bertz CT molecular complexity index is 395. The second kappa shape index (κ2) is 4.45. The lowest BCUT2D eigenvalue weighted by molar-refractivity contribution is 0.0844. The molecule has 0 fully saturated rings. The molecule has 5 heteroatoms. The van der Waals surface area contributed by atoms with Crippen molar-refractivity contribution in [1.82, 2.24) is 9.97 Å². The van der Waals surface area contributed by atoms with Crippen molar-refractivity contribution in [1.29, 1.82) is 0 Å². The highest BCUT2D eigenvalue weighted by atomic mass is 35.5. The van der Waals surface area contributed by atoms with Gasteiger partial charge in [-0.3, -0.25) is 0 Å². The first-order valence-electron chi connectivity index (χ1n) is 5.16. The van der Waals surface area contributed by atoms with Gasteiger partial charge in [-0.05, 0) is 42.9 Å². The van der Waals surface area contributed by atoms with Crippen molar-refractivity contribution >= 4 is 17.2 Å². The molecule has 0 atom stereocenters. The molecule has 0 bridgehead atoms. The van der Waals surface area contributed by atoms with Crippen molar-refractivity contribution in [3.8, 4) is 0 Å². The SMILES string of the molecule is FC(F)(Cl)c1ncc(C2=CCCCC2)cn1. The Morgan fingerprint density at radius 1 is 1.19 bits per heavy atom. The van der Waals surface area contributed by atoms with Crippen LogP contribution in [0, 0.1) is 0 Å². The summed E-state index contributed by atoms with van der Waals surface area (Å²) >= 11 is 4.82. The van der Waals surface area contributed by atoms with E-state index in [2.05, 4.69) is 16.0 Å². The van der Waals surface area contributed by atoms with E-state index in [0.29, 0.717) is 0 Å². The molecule has 2 rings (SSSR count). The third kappa shape index (κ3) is 2.55. The molecule has 0 N–H and O–H groups in total. The van der Waals surface area contributed by atoms with Gasteiger partial charge in [0, 0.05) is 18.0 Å². The van der Waals surface area contributed by atoms with Crippen LogP contribution in [-0.2, 0) is 5.38 Å². The molecule has 1 aliphatic rings. The van der Waals surface area contributed by atoms with Gasteiger partial charge in [0.1, 0.15) is 0 Å². The molecular formula is C11H11ClF2N2. The number of nitrogens with zero attached hydrogens (tertiary/aromatic N) is 2. The summed E-state index contributed by atoms with van der Waals surface area (Å²) in [6.45, 7) is 0. The average molecular weight is 245 g/mol. The minimum Gasteiger partial charge on any atom is -0.234 e. The van der Waals surface area contributed by atoms with E-state index >= 15 is 0 Å². The summed E-state index contributed by atoms with van der Waals surface area (Å²) in [5.74, 6) is -0.644. The highest BCUT2D eigenvalue weighted by Crippen LogP contribution is 2.30. The van der Waals surface area contributed by atoms with Gasteiger partial charge < -0.3 is 0 Å². The largest absolute Gasteiger partial charge is 0.381 e. The lowest BCUT2D eigenvalue weighted by Crippen LogP contribution is -2.09. The molecular weight excluding hydrogens is 234 g/mol. The van der Waals surface area contributed by atoms with E-state index in [1.807, 2.05) is 0 Å². The van der Waals surface area contributed by atoms with E-state index in [4.69, 9.17) is 11.6 Å². The molecule has 0 unspecified atom stereocenters. The molecule has 0 saturated heterocycles. The Balaban J connectivity index is 2.22. The Labute approximate surface area is 97.4 Å². The maximum Gasteiger partial charge on any atom is 0.381 e. The lowest BCUT2D eigenvalue weighted by Gasteiger charge is -2.13. The van der Waals surface area contributed by atoms with Crippen LogP contribution in [-0.4, -0.2) is 9.97 Å². The standard InChI is InChI=1S/C11H11ClF2N2/c12-11(13,14)10-15-6-9(7-16-10)8-4-2-1-3-5-8/h4,6-7H,1-3,5H2. The predicted molar refractivity (Wildman–Crippen MR) is 58.2 cm³/mol. The molecule has 86 valence electrons. The number of halogens is 3. The Hall–Kier alpha value is -1.03. The van der Waals surface area contributed by atoms with E-state index < -0.39 is 11.2 Å². The zero-order chi connectivity index (χ0) is 11.6. The minimum atomic E-state index is -3.49. The fourth-order valence-electron chi connectivity index (χ4n) is 1.74. The molecule has 16 heavy (non-hydrogen) atoms. The second-order valence-electron chi connectivity index (χ2n) is 3.77. The van der Waals surface area contributed by atoms with Crippen molar-refractivity contribution in [2.75, 3.05) is 0 Å². The first-order valence-corrected chi connectivity index (χ1v) is 5.54. The smallest absolute Gasteiger partial charge is 0.234 e. The normalized spacial score (nSPS) is 17.1. The van der Waals surface area contributed by atoms with Gasteiger partial charge >= 0.3 is 5.38 Å². The Morgan fingerprint density at radius 3 is 2.38 bits per heavy atom. The van der Waals surface area contributed by atoms with Crippen molar-refractivity contribution in [3.63, 3.8) is 0 Å². The van der Waals surface area contributed by atoms with Gasteiger partial charge in [0.15, 0.2) is 0 Å². The molecule has 0 spiro atoms. The summed E-state index contributed by atoms with van der Waals surface area (Å²) in [5.41, 5.74) is 1.94. The maximum atomic E-state index is 12.7. The van der Waals surface area contributed by atoms with E-state index in [9.17, 15) is 8.78 Å². The highest BCUT2D eigenvalue weighted by Gasteiger charge is 2.31. The molecule has 1 heterocycles. The second-order valence-corrected chi connectivity index (χ2v) is 4.24. The summed E-state index contributed by atoms with van der Waals surface area (Å²) in [4.78, 5) is 7.18. The quantitative estimate of drug-likeness (QED) is 0.741. The van der Waals surface area contributed by atoms with Crippen LogP contribution in [0.5, 0.6) is 0 Å². The number of hydrogen-bond donors (Lipinski definition) is 0. The van der Waals surface area contributed by atoms with Crippen LogP contribution in [0.15, 0.2) is 18.5 Å². The summed E-state index contributed by atoms with van der Waals surface area (Å²) in [6.07, 6.45) is 9.23. The van der Waals surface area contributed by atoms with Crippen LogP contribution in [0.1, 0.15) is 37.1 Å². The number of aromatic nitrogens is 2. The summed E-state index contributed by atoms with van der Waals surface area (Å²) < 4.78 is 25.3. The van der Waals surface area contributed by atoms with Crippen LogP contribution in [0.25, 0.3) is 5.57 Å². The zero-order valence-corrected chi connectivity index (χ0v) is 9.34. The minimum absolute atomic E-state index is 0.644. The topological polar surface area (TPSA) is 25.8 Å². The van der Waals surface area contributed by atoms with Crippen LogP contribution in [0.2, 0.25) is 0 Å². The Kier molecular flexibility index (Phi) is 3.19. The zero-order valence-electron chi connectivity index (χ0n) is 8.59. The summed E-state index contributed by atoms with van der Waals surface area (Å²) in [7, 11) is 0. The van der Waals surface area contributed by atoms with Crippen molar-refractivity contribution in [2.24, 2.45) is 0 Å². The van der Waals surface area contributed by atoms with Gasteiger partial charge in [0.25, 0.3) is 0 Å². The molecule has 1 aromatic heterocycles. The monoisotopic (exact) mass is 244 g/mol. The number of alkyl halides is 3. The van der Waals surface area contributed by atoms with Crippen molar-refractivity contribution < 1.29 is 8.78 Å². The van der Waals surface area contributed by atoms with Crippen LogP contribution in [0.3, 0.4) is 0 Å². The molecule has 0 aromatic carbocycles. The number of hydrogen-bond acceptors (Lipinski definition) is 2. The molecule has 2 nitrogen and oxygen atoms in total. The third-order valence-electron chi connectivity index (χ3n) is 2.57. The maximum absolute atomic E-state index is 12.7. The third-order valence-corrected chi connectivity index (χ3v) is 2.74. The first kappa shape index (κ1) is 11.5. The van der Waals surface area contributed by atoms with Crippen LogP contribution < -0.4 is 0 Å². The highest BCUT2D eigenvalue weighted by molar-refractivity contribution is 6.21. The van der Waals surface area contributed by atoms with E-state index in [0.717, 1.165) is 30.4 Å². The number of rotatable bonds is 2. The fourth-order valence-corrected chi connectivity index (χ4v) is 1.84. The number of allylic oxidation sites excluding steroid dienone is 2. The van der Waals surface area contributed by atoms with Gasteiger partial charge in [0.05, 0.1) is 0 Å². The van der Waals surface area contributed by atoms with Gasteiger partial charge in [-0.15, -0.1) is 0 Å². The average Bonchev–Trinajstić information content (AvgIpc) is 2.29. The molecule has 0 amide bonds. The molecule has 0 saturated carbocycles. The van der Waals surface area contributed by atoms with Crippen LogP contribution >= 0.6 is 11.6 Å². The predicted octanol–water partition coefficient (Wildman–Crippen LogP) is 3.72. The van der Waals surface area contributed by atoms with E-state index in [1.165, 1.54) is 18.8 Å². The Morgan fingerprint density at radius 2 is 1.88 bits per heavy atom. The molecule has 0 aliphatic heterocycles. The molecule has 1 aliphatic carbocycles. The molecule has 0 radical (unpaired) electrons. The van der Waals surface area contributed by atoms with Crippen molar-refractivity contribution in [3.05, 3.63) is 29.9 Å².